The first-order chi connectivity index (χ1) is 7.15. The summed E-state index contributed by atoms with van der Waals surface area (Å²) in [5, 5.41) is 0. The Labute approximate surface area is 91.3 Å². The molecule has 0 N–H and O–H groups in total. The maximum absolute atomic E-state index is 10.8. The molecule has 1 heterocycles. The molecule has 1 unspecified atom stereocenters. The summed E-state index contributed by atoms with van der Waals surface area (Å²) in [5.74, 6) is 2.69. The third-order valence-corrected chi connectivity index (χ3v) is 2.84. The van der Waals surface area contributed by atoms with Gasteiger partial charge in [0.1, 0.15) is 0 Å². The molecule has 0 aromatic carbocycles. The fourth-order valence-electron chi connectivity index (χ4n) is 2.04. The first-order valence-electron chi connectivity index (χ1n) is 5.22. The number of rotatable bonds is 4. The van der Waals surface area contributed by atoms with Crippen LogP contribution < -0.4 is 0 Å². The van der Waals surface area contributed by atoms with Gasteiger partial charge in [0, 0.05) is 29.4 Å². The molecule has 0 aliphatic carbocycles. The van der Waals surface area contributed by atoms with Crippen LogP contribution >= 0.6 is 0 Å². The molecule has 0 saturated carbocycles. The standard InChI is InChI=1S/C13H17NO/c1-5-7-13(6-2)14-10(3)8-12(9-15)11(14)4/h1,8-9,13H,6-7H2,2-4H3. The lowest BCUT2D eigenvalue weighted by atomic mass is 10.1. The van der Waals surface area contributed by atoms with E-state index in [-0.39, 0.29) is 0 Å². The Morgan fingerprint density at radius 2 is 2.27 bits per heavy atom. The highest BCUT2D eigenvalue weighted by atomic mass is 16.1. The molecule has 0 fully saturated rings. The van der Waals surface area contributed by atoms with Crippen molar-refractivity contribution in [3.63, 3.8) is 0 Å². The number of nitrogens with zero attached hydrogens (tertiary/aromatic N) is 1. The predicted octanol–water partition coefficient (Wildman–Crippen LogP) is 2.89. The molecule has 0 spiro atoms. The first-order valence-corrected chi connectivity index (χ1v) is 5.22. The summed E-state index contributed by atoms with van der Waals surface area (Å²) in [4.78, 5) is 10.8. The molecule has 0 bridgehead atoms. The van der Waals surface area contributed by atoms with Gasteiger partial charge in [-0.2, -0.15) is 0 Å². The zero-order valence-electron chi connectivity index (χ0n) is 9.58. The zero-order chi connectivity index (χ0) is 11.4. The lowest BCUT2D eigenvalue weighted by Gasteiger charge is -2.19. The summed E-state index contributed by atoms with van der Waals surface area (Å²) in [6.07, 6.45) is 7.95. The number of aldehydes is 1. The Bertz CT molecular complexity index is 395. The second kappa shape index (κ2) is 4.84. The average molecular weight is 203 g/mol. The van der Waals surface area contributed by atoms with Crippen molar-refractivity contribution in [2.75, 3.05) is 0 Å². The minimum atomic E-state index is 0.309. The lowest BCUT2D eigenvalue weighted by molar-refractivity contribution is 0.112. The van der Waals surface area contributed by atoms with Crippen LogP contribution in [0.1, 0.15) is 47.6 Å². The largest absolute Gasteiger partial charge is 0.344 e. The lowest BCUT2D eigenvalue weighted by Crippen LogP contribution is -2.11. The van der Waals surface area contributed by atoms with Crippen LogP contribution in [0.15, 0.2) is 6.07 Å². The van der Waals surface area contributed by atoms with Crippen molar-refractivity contribution in [2.24, 2.45) is 0 Å². The van der Waals surface area contributed by atoms with Gasteiger partial charge in [-0.1, -0.05) is 6.92 Å². The topological polar surface area (TPSA) is 22.0 Å². The van der Waals surface area contributed by atoms with Crippen LogP contribution in [0.4, 0.5) is 0 Å². The Kier molecular flexibility index (Phi) is 3.74. The molecular formula is C13H17NO. The van der Waals surface area contributed by atoms with Gasteiger partial charge >= 0.3 is 0 Å². The van der Waals surface area contributed by atoms with Gasteiger partial charge in [-0.05, 0) is 26.3 Å². The van der Waals surface area contributed by atoms with E-state index in [0.29, 0.717) is 12.5 Å². The molecule has 0 aliphatic rings. The van der Waals surface area contributed by atoms with E-state index >= 15 is 0 Å². The highest BCUT2D eigenvalue weighted by Gasteiger charge is 2.14. The fraction of sp³-hybridized carbons (Fsp3) is 0.462. The van der Waals surface area contributed by atoms with Gasteiger partial charge in [-0.25, -0.2) is 0 Å². The molecule has 0 radical (unpaired) electrons. The Morgan fingerprint density at radius 3 is 2.67 bits per heavy atom. The van der Waals surface area contributed by atoms with E-state index < -0.39 is 0 Å². The fourth-order valence-corrected chi connectivity index (χ4v) is 2.04. The van der Waals surface area contributed by atoms with Crippen LogP contribution in [0.2, 0.25) is 0 Å². The second-order valence-electron chi connectivity index (χ2n) is 3.78. The summed E-state index contributed by atoms with van der Waals surface area (Å²) in [5.41, 5.74) is 2.89. The molecule has 15 heavy (non-hydrogen) atoms. The summed E-state index contributed by atoms with van der Waals surface area (Å²) in [7, 11) is 0. The Morgan fingerprint density at radius 1 is 1.60 bits per heavy atom. The van der Waals surface area contributed by atoms with Crippen molar-refractivity contribution in [3.05, 3.63) is 23.0 Å². The number of aromatic nitrogens is 1. The number of hydrogen-bond acceptors (Lipinski definition) is 1. The molecule has 2 heteroatoms. The van der Waals surface area contributed by atoms with Crippen LogP contribution in [0.3, 0.4) is 0 Å². The molecule has 0 aliphatic heterocycles. The highest BCUT2D eigenvalue weighted by Crippen LogP contribution is 2.23. The van der Waals surface area contributed by atoms with E-state index in [1.54, 1.807) is 0 Å². The SMILES string of the molecule is C#CCC(CC)n1c(C)cc(C=O)c1C. The number of aryl methyl sites for hydroxylation is 1. The number of carbonyl (C=O) groups excluding carboxylic acids is 1. The Hall–Kier alpha value is -1.49. The smallest absolute Gasteiger partial charge is 0.151 e. The van der Waals surface area contributed by atoms with Gasteiger partial charge in [-0.3, -0.25) is 4.79 Å². The molecule has 1 atom stereocenters. The third-order valence-electron chi connectivity index (χ3n) is 2.84. The normalized spacial score (nSPS) is 12.1. The van der Waals surface area contributed by atoms with Crippen LogP contribution in [0.25, 0.3) is 0 Å². The van der Waals surface area contributed by atoms with Gasteiger partial charge in [0.15, 0.2) is 6.29 Å². The number of carbonyl (C=O) groups is 1. The quantitative estimate of drug-likeness (QED) is 0.544. The van der Waals surface area contributed by atoms with E-state index in [4.69, 9.17) is 6.42 Å². The van der Waals surface area contributed by atoms with Crippen molar-refractivity contribution >= 4 is 6.29 Å². The second-order valence-corrected chi connectivity index (χ2v) is 3.78. The molecule has 1 rings (SSSR count). The van der Waals surface area contributed by atoms with Crippen LogP contribution in [-0.2, 0) is 0 Å². The maximum atomic E-state index is 10.8. The molecule has 1 aromatic heterocycles. The first kappa shape index (κ1) is 11.6. The van der Waals surface area contributed by atoms with Crippen LogP contribution in [0.5, 0.6) is 0 Å². The van der Waals surface area contributed by atoms with Gasteiger partial charge < -0.3 is 4.57 Å². The van der Waals surface area contributed by atoms with E-state index in [2.05, 4.69) is 17.4 Å². The maximum Gasteiger partial charge on any atom is 0.151 e. The number of terminal acetylenes is 1. The van der Waals surface area contributed by atoms with Gasteiger partial charge in [-0.15, -0.1) is 12.3 Å². The molecule has 1 aromatic rings. The van der Waals surface area contributed by atoms with Crippen molar-refractivity contribution in [1.82, 2.24) is 4.57 Å². The van der Waals surface area contributed by atoms with E-state index in [1.807, 2.05) is 19.9 Å². The molecular weight excluding hydrogens is 186 g/mol. The summed E-state index contributed by atoms with van der Waals surface area (Å²) in [6, 6.07) is 2.23. The van der Waals surface area contributed by atoms with E-state index in [0.717, 1.165) is 29.7 Å². The molecule has 2 nitrogen and oxygen atoms in total. The minimum Gasteiger partial charge on any atom is -0.344 e. The van der Waals surface area contributed by atoms with Crippen molar-refractivity contribution in [1.29, 1.82) is 0 Å². The predicted molar refractivity (Wildman–Crippen MR) is 62.1 cm³/mol. The summed E-state index contributed by atoms with van der Waals surface area (Å²) >= 11 is 0. The van der Waals surface area contributed by atoms with Gasteiger partial charge in [0.2, 0.25) is 0 Å². The van der Waals surface area contributed by atoms with Gasteiger partial charge in [0.05, 0.1) is 0 Å². The van der Waals surface area contributed by atoms with Crippen molar-refractivity contribution in [2.45, 2.75) is 39.7 Å². The van der Waals surface area contributed by atoms with E-state index in [9.17, 15) is 4.79 Å². The number of hydrogen-bond donors (Lipinski definition) is 0. The summed E-state index contributed by atoms with van der Waals surface area (Å²) in [6.45, 7) is 6.09. The van der Waals surface area contributed by atoms with Crippen LogP contribution in [-0.4, -0.2) is 10.9 Å². The molecule has 0 saturated heterocycles. The third kappa shape index (κ3) is 2.12. The average Bonchev–Trinajstić information content (AvgIpc) is 2.51. The van der Waals surface area contributed by atoms with Gasteiger partial charge in [0.25, 0.3) is 0 Å². The minimum absolute atomic E-state index is 0.309. The van der Waals surface area contributed by atoms with E-state index in [1.165, 1.54) is 0 Å². The zero-order valence-corrected chi connectivity index (χ0v) is 9.58. The Balaban J connectivity index is 3.17. The monoisotopic (exact) mass is 203 g/mol. The summed E-state index contributed by atoms with van der Waals surface area (Å²) < 4.78 is 2.17. The van der Waals surface area contributed by atoms with Crippen molar-refractivity contribution in [3.8, 4) is 12.3 Å². The van der Waals surface area contributed by atoms with Crippen molar-refractivity contribution < 1.29 is 4.79 Å². The molecule has 80 valence electrons. The highest BCUT2D eigenvalue weighted by molar-refractivity contribution is 5.77. The molecule has 0 amide bonds. The van der Waals surface area contributed by atoms with Crippen LogP contribution in [0, 0.1) is 26.2 Å².